The van der Waals surface area contributed by atoms with Crippen molar-refractivity contribution in [3.63, 3.8) is 0 Å². The summed E-state index contributed by atoms with van der Waals surface area (Å²) >= 11 is 1.02. The quantitative estimate of drug-likeness (QED) is 0.497. The molecule has 0 amide bonds. The van der Waals surface area contributed by atoms with Gasteiger partial charge in [0.25, 0.3) is 6.01 Å². The standard InChI is InChI=1S/C20H19N3O4S/c1-23(19-21-15-4-2-3-5-16(15)27-19)10-11-26-14-8-6-13(7-9-14)12-17-18(24)22-20(25)28-17/h2-9,24H,10-12H2,1H3,(H,22,25). The number of aromatic hydroxyl groups is 1. The van der Waals surface area contributed by atoms with Crippen LogP contribution in [0.15, 0.2) is 57.7 Å². The van der Waals surface area contributed by atoms with Crippen LogP contribution in [-0.2, 0) is 6.42 Å². The second-order valence-electron chi connectivity index (χ2n) is 6.34. The summed E-state index contributed by atoms with van der Waals surface area (Å²) in [5.74, 6) is 0.693. The minimum atomic E-state index is -0.254. The molecule has 8 heteroatoms. The molecule has 0 radical (unpaired) electrons. The van der Waals surface area contributed by atoms with E-state index in [9.17, 15) is 9.90 Å². The summed E-state index contributed by atoms with van der Waals surface area (Å²) < 4.78 is 11.5. The van der Waals surface area contributed by atoms with E-state index in [2.05, 4.69) is 9.97 Å². The zero-order valence-corrected chi connectivity index (χ0v) is 16.0. The number of likely N-dealkylation sites (N-methyl/N-ethyl adjacent to an activating group) is 1. The predicted octanol–water partition coefficient (Wildman–Crippen LogP) is 3.39. The Balaban J connectivity index is 1.31. The first kappa shape index (κ1) is 18.1. The lowest BCUT2D eigenvalue weighted by Gasteiger charge is -2.15. The van der Waals surface area contributed by atoms with Gasteiger partial charge in [-0.25, -0.2) is 0 Å². The van der Waals surface area contributed by atoms with E-state index in [0.29, 0.717) is 30.5 Å². The fourth-order valence-corrected chi connectivity index (χ4v) is 3.54. The minimum absolute atomic E-state index is 0.0578. The van der Waals surface area contributed by atoms with Crippen LogP contribution in [0, 0.1) is 0 Å². The fourth-order valence-electron chi connectivity index (χ4n) is 2.78. The van der Waals surface area contributed by atoms with E-state index < -0.39 is 0 Å². The molecule has 0 saturated heterocycles. The number of aromatic nitrogens is 2. The number of thiazole rings is 1. The summed E-state index contributed by atoms with van der Waals surface area (Å²) in [5.41, 5.74) is 2.58. The summed E-state index contributed by atoms with van der Waals surface area (Å²) in [6.45, 7) is 1.11. The summed E-state index contributed by atoms with van der Waals surface area (Å²) in [4.78, 5) is 20.4. The van der Waals surface area contributed by atoms with Gasteiger partial charge in [0.15, 0.2) is 5.58 Å². The lowest BCUT2D eigenvalue weighted by Crippen LogP contribution is -2.23. The van der Waals surface area contributed by atoms with Gasteiger partial charge in [0, 0.05) is 13.5 Å². The maximum absolute atomic E-state index is 11.2. The molecule has 0 saturated carbocycles. The Morgan fingerprint density at radius 2 is 2.00 bits per heavy atom. The molecule has 4 rings (SSSR count). The molecule has 7 nitrogen and oxygen atoms in total. The number of nitrogens with one attached hydrogen (secondary N) is 1. The highest BCUT2D eigenvalue weighted by Crippen LogP contribution is 2.22. The van der Waals surface area contributed by atoms with Gasteiger partial charge in [0.1, 0.15) is 17.9 Å². The third-order valence-electron chi connectivity index (χ3n) is 4.29. The molecule has 0 atom stereocenters. The molecule has 0 bridgehead atoms. The maximum Gasteiger partial charge on any atom is 0.307 e. The van der Waals surface area contributed by atoms with Crippen LogP contribution < -0.4 is 14.5 Å². The van der Waals surface area contributed by atoms with Gasteiger partial charge >= 0.3 is 4.87 Å². The van der Waals surface area contributed by atoms with Gasteiger partial charge in [0.05, 0.1) is 11.4 Å². The highest BCUT2D eigenvalue weighted by atomic mass is 32.1. The first-order chi connectivity index (χ1) is 13.6. The SMILES string of the molecule is CN(CCOc1ccc(Cc2sc(=O)[nH]c2O)cc1)c1nc2ccccc2o1. The summed E-state index contributed by atoms with van der Waals surface area (Å²) in [6.07, 6.45) is 0.496. The summed E-state index contributed by atoms with van der Waals surface area (Å²) in [5, 5.41) is 9.67. The van der Waals surface area contributed by atoms with Crippen molar-refractivity contribution in [2.45, 2.75) is 6.42 Å². The number of oxazole rings is 1. The second-order valence-corrected chi connectivity index (χ2v) is 7.41. The first-order valence-electron chi connectivity index (χ1n) is 8.78. The highest BCUT2D eigenvalue weighted by molar-refractivity contribution is 7.09. The topological polar surface area (TPSA) is 91.6 Å². The fraction of sp³-hybridized carbons (Fsp3) is 0.200. The number of H-pyrrole nitrogens is 1. The second kappa shape index (κ2) is 7.77. The molecular formula is C20H19N3O4S. The Kier molecular flexibility index (Phi) is 5.03. The molecule has 28 heavy (non-hydrogen) atoms. The van der Waals surface area contributed by atoms with Crippen LogP contribution in [0.25, 0.3) is 11.1 Å². The maximum atomic E-state index is 11.2. The van der Waals surface area contributed by atoms with Crippen molar-refractivity contribution in [1.82, 2.24) is 9.97 Å². The Labute approximate surface area is 164 Å². The van der Waals surface area contributed by atoms with Crippen LogP contribution in [0.4, 0.5) is 6.01 Å². The van der Waals surface area contributed by atoms with E-state index >= 15 is 0 Å². The van der Waals surface area contributed by atoms with Crippen LogP contribution in [0.2, 0.25) is 0 Å². The van der Waals surface area contributed by atoms with E-state index in [-0.39, 0.29) is 10.8 Å². The summed E-state index contributed by atoms with van der Waals surface area (Å²) in [6, 6.07) is 15.8. The smallest absolute Gasteiger partial charge is 0.307 e. The molecule has 2 N–H and O–H groups in total. The number of hydrogen-bond acceptors (Lipinski definition) is 7. The molecule has 0 unspecified atom stereocenters. The number of aromatic amines is 1. The molecule has 0 aliphatic rings. The van der Waals surface area contributed by atoms with Crippen molar-refractivity contribution in [3.8, 4) is 11.6 Å². The van der Waals surface area contributed by atoms with Crippen molar-refractivity contribution in [1.29, 1.82) is 0 Å². The molecule has 0 fully saturated rings. The van der Waals surface area contributed by atoms with Gasteiger partial charge in [-0.05, 0) is 29.8 Å². The highest BCUT2D eigenvalue weighted by Gasteiger charge is 2.10. The van der Waals surface area contributed by atoms with Crippen LogP contribution in [0.1, 0.15) is 10.4 Å². The largest absolute Gasteiger partial charge is 0.494 e. The third kappa shape index (κ3) is 4.01. The van der Waals surface area contributed by atoms with Gasteiger partial charge in [-0.1, -0.05) is 35.6 Å². The van der Waals surface area contributed by atoms with Gasteiger partial charge in [0.2, 0.25) is 5.88 Å². The number of rotatable bonds is 7. The lowest BCUT2D eigenvalue weighted by atomic mass is 10.1. The van der Waals surface area contributed by atoms with E-state index in [4.69, 9.17) is 9.15 Å². The number of ether oxygens (including phenoxy) is 1. The van der Waals surface area contributed by atoms with Crippen LogP contribution in [0.5, 0.6) is 11.6 Å². The predicted molar refractivity (Wildman–Crippen MR) is 109 cm³/mol. The molecule has 4 aromatic rings. The molecule has 2 aromatic carbocycles. The minimum Gasteiger partial charge on any atom is -0.494 e. The van der Waals surface area contributed by atoms with E-state index in [0.717, 1.165) is 33.7 Å². The molecule has 0 aliphatic heterocycles. The Hall–Kier alpha value is -3.26. The van der Waals surface area contributed by atoms with Crippen molar-refractivity contribution in [3.05, 3.63) is 68.6 Å². The number of para-hydroxylation sites is 2. The van der Waals surface area contributed by atoms with Gasteiger partial charge < -0.3 is 19.2 Å². The number of fused-ring (bicyclic) bond motifs is 1. The number of anilines is 1. The van der Waals surface area contributed by atoms with Crippen LogP contribution in [0.3, 0.4) is 0 Å². The van der Waals surface area contributed by atoms with Crippen molar-refractivity contribution < 1.29 is 14.3 Å². The molecule has 2 heterocycles. The number of benzene rings is 2. The Morgan fingerprint density at radius 1 is 1.21 bits per heavy atom. The van der Waals surface area contributed by atoms with E-state index in [1.54, 1.807) is 0 Å². The third-order valence-corrected chi connectivity index (χ3v) is 5.16. The zero-order chi connectivity index (χ0) is 19.5. The Bertz CT molecular complexity index is 1100. The zero-order valence-electron chi connectivity index (χ0n) is 15.2. The number of hydrogen-bond donors (Lipinski definition) is 2. The van der Waals surface area contributed by atoms with E-state index in [1.165, 1.54) is 0 Å². The average Bonchev–Trinajstić information content (AvgIpc) is 3.26. The normalized spacial score (nSPS) is 11.0. The van der Waals surface area contributed by atoms with Gasteiger partial charge in [-0.15, -0.1) is 0 Å². The lowest BCUT2D eigenvalue weighted by molar-refractivity contribution is 0.323. The van der Waals surface area contributed by atoms with Crippen LogP contribution >= 0.6 is 11.3 Å². The average molecular weight is 397 g/mol. The summed E-state index contributed by atoms with van der Waals surface area (Å²) in [7, 11) is 1.91. The van der Waals surface area contributed by atoms with Crippen molar-refractivity contribution in [2.75, 3.05) is 25.1 Å². The van der Waals surface area contributed by atoms with E-state index in [1.807, 2.05) is 60.5 Å². The van der Waals surface area contributed by atoms with Gasteiger partial charge in [-0.3, -0.25) is 9.78 Å². The molecule has 0 aliphatic carbocycles. The number of nitrogens with zero attached hydrogens (tertiary/aromatic N) is 2. The van der Waals surface area contributed by atoms with Crippen molar-refractivity contribution in [2.24, 2.45) is 0 Å². The monoisotopic (exact) mass is 397 g/mol. The molecular weight excluding hydrogens is 378 g/mol. The molecule has 144 valence electrons. The van der Waals surface area contributed by atoms with Gasteiger partial charge in [-0.2, -0.15) is 4.98 Å². The molecule has 2 aromatic heterocycles. The first-order valence-corrected chi connectivity index (χ1v) is 9.59. The Morgan fingerprint density at radius 3 is 2.71 bits per heavy atom. The van der Waals surface area contributed by atoms with Crippen molar-refractivity contribution >= 4 is 28.5 Å². The van der Waals surface area contributed by atoms with Crippen LogP contribution in [-0.4, -0.2) is 35.3 Å². The molecule has 0 spiro atoms.